The molecule has 0 aliphatic heterocycles. The Morgan fingerprint density at radius 1 is 1.12 bits per heavy atom. The molecule has 0 heterocycles. The van der Waals surface area contributed by atoms with Crippen molar-refractivity contribution in [3.63, 3.8) is 0 Å². The summed E-state index contributed by atoms with van der Waals surface area (Å²) in [5.74, 6) is -0.275. The van der Waals surface area contributed by atoms with Crippen LogP contribution in [0.2, 0.25) is 0 Å². The van der Waals surface area contributed by atoms with E-state index in [-0.39, 0.29) is 23.9 Å². The molecule has 0 aliphatic carbocycles. The van der Waals surface area contributed by atoms with Crippen molar-refractivity contribution >= 4 is 6.03 Å². The van der Waals surface area contributed by atoms with E-state index in [0.29, 0.717) is 0 Å². The first-order valence-electron chi connectivity index (χ1n) is 5.31. The van der Waals surface area contributed by atoms with E-state index in [0.717, 1.165) is 5.56 Å². The van der Waals surface area contributed by atoms with E-state index in [9.17, 15) is 9.18 Å². The van der Waals surface area contributed by atoms with Gasteiger partial charge in [-0.2, -0.15) is 0 Å². The first-order chi connectivity index (χ1) is 7.49. The summed E-state index contributed by atoms with van der Waals surface area (Å²) in [6, 6.07) is 5.83. The average molecular weight is 224 g/mol. The number of carbonyl (C=O) groups excluding carboxylic acids is 1. The van der Waals surface area contributed by atoms with Gasteiger partial charge in [0.1, 0.15) is 5.82 Å². The van der Waals surface area contributed by atoms with Crippen LogP contribution in [0.1, 0.15) is 32.4 Å². The Kier molecular flexibility index (Phi) is 4.28. The molecule has 0 fully saturated rings. The van der Waals surface area contributed by atoms with Gasteiger partial charge in [-0.15, -0.1) is 0 Å². The molecule has 1 aromatic carbocycles. The lowest BCUT2D eigenvalue weighted by Crippen LogP contribution is -2.40. The van der Waals surface area contributed by atoms with Gasteiger partial charge in [0, 0.05) is 6.04 Å². The summed E-state index contributed by atoms with van der Waals surface area (Å²) < 4.78 is 12.7. The molecular formula is C12H17FN2O. The van der Waals surface area contributed by atoms with Crippen LogP contribution in [0.15, 0.2) is 24.3 Å². The second-order valence-electron chi connectivity index (χ2n) is 4.05. The number of amides is 2. The van der Waals surface area contributed by atoms with Gasteiger partial charge in [0.25, 0.3) is 0 Å². The Morgan fingerprint density at radius 3 is 2.19 bits per heavy atom. The molecule has 0 saturated heterocycles. The van der Waals surface area contributed by atoms with Crippen LogP contribution in [-0.4, -0.2) is 12.1 Å². The third-order valence-electron chi connectivity index (χ3n) is 2.14. The first kappa shape index (κ1) is 12.5. The van der Waals surface area contributed by atoms with Crippen LogP contribution < -0.4 is 10.6 Å². The van der Waals surface area contributed by atoms with Crippen molar-refractivity contribution in [1.29, 1.82) is 0 Å². The molecule has 2 amide bonds. The number of rotatable bonds is 3. The smallest absolute Gasteiger partial charge is 0.315 e. The predicted octanol–water partition coefficient (Wildman–Crippen LogP) is 2.59. The Labute approximate surface area is 95.0 Å². The fraction of sp³-hybridized carbons (Fsp3) is 0.417. The summed E-state index contributed by atoms with van der Waals surface area (Å²) in [7, 11) is 0. The monoisotopic (exact) mass is 224 g/mol. The molecule has 1 unspecified atom stereocenters. The van der Waals surface area contributed by atoms with Gasteiger partial charge >= 0.3 is 6.03 Å². The maximum atomic E-state index is 12.7. The highest BCUT2D eigenvalue weighted by atomic mass is 19.1. The van der Waals surface area contributed by atoms with E-state index in [1.807, 2.05) is 20.8 Å². The Morgan fingerprint density at radius 2 is 1.69 bits per heavy atom. The summed E-state index contributed by atoms with van der Waals surface area (Å²) >= 11 is 0. The second-order valence-corrected chi connectivity index (χ2v) is 4.05. The third kappa shape index (κ3) is 3.88. The highest BCUT2D eigenvalue weighted by Gasteiger charge is 2.09. The molecule has 88 valence electrons. The second kappa shape index (κ2) is 5.49. The third-order valence-corrected chi connectivity index (χ3v) is 2.14. The molecule has 1 rings (SSSR count). The van der Waals surface area contributed by atoms with Gasteiger partial charge < -0.3 is 10.6 Å². The van der Waals surface area contributed by atoms with E-state index in [1.54, 1.807) is 12.1 Å². The quantitative estimate of drug-likeness (QED) is 0.814. The zero-order valence-corrected chi connectivity index (χ0v) is 9.75. The van der Waals surface area contributed by atoms with Crippen LogP contribution in [0.5, 0.6) is 0 Å². The SMILES string of the molecule is CC(C)NC(=O)NC(C)c1ccc(F)cc1. The molecule has 1 atom stereocenters. The van der Waals surface area contributed by atoms with Gasteiger partial charge in [0.05, 0.1) is 6.04 Å². The fourth-order valence-electron chi connectivity index (χ4n) is 1.34. The molecule has 3 nitrogen and oxygen atoms in total. The Hall–Kier alpha value is -1.58. The number of hydrogen-bond acceptors (Lipinski definition) is 1. The van der Waals surface area contributed by atoms with Crippen molar-refractivity contribution in [2.45, 2.75) is 32.9 Å². The van der Waals surface area contributed by atoms with Crippen molar-refractivity contribution in [1.82, 2.24) is 10.6 Å². The van der Waals surface area contributed by atoms with Gasteiger partial charge in [-0.05, 0) is 38.5 Å². The number of benzene rings is 1. The van der Waals surface area contributed by atoms with Crippen LogP contribution in [0, 0.1) is 5.82 Å². The summed E-state index contributed by atoms with van der Waals surface area (Å²) in [6.45, 7) is 5.64. The van der Waals surface area contributed by atoms with Gasteiger partial charge in [-0.1, -0.05) is 12.1 Å². The largest absolute Gasteiger partial charge is 0.336 e. The molecule has 0 radical (unpaired) electrons. The maximum absolute atomic E-state index is 12.7. The minimum Gasteiger partial charge on any atom is -0.336 e. The molecule has 0 spiro atoms. The summed E-state index contributed by atoms with van der Waals surface area (Å²) in [5.41, 5.74) is 0.875. The highest BCUT2D eigenvalue weighted by molar-refractivity contribution is 5.74. The van der Waals surface area contributed by atoms with Crippen molar-refractivity contribution in [3.8, 4) is 0 Å². The van der Waals surface area contributed by atoms with Crippen LogP contribution in [0.4, 0.5) is 9.18 Å². The molecule has 1 aromatic rings. The number of halogens is 1. The van der Waals surface area contributed by atoms with Crippen molar-refractivity contribution in [2.24, 2.45) is 0 Å². The van der Waals surface area contributed by atoms with Crippen molar-refractivity contribution in [3.05, 3.63) is 35.6 Å². The van der Waals surface area contributed by atoms with Crippen molar-refractivity contribution in [2.75, 3.05) is 0 Å². The van der Waals surface area contributed by atoms with Crippen molar-refractivity contribution < 1.29 is 9.18 Å². The van der Waals surface area contributed by atoms with E-state index in [1.165, 1.54) is 12.1 Å². The molecule has 4 heteroatoms. The number of hydrogen-bond donors (Lipinski definition) is 2. The van der Waals surface area contributed by atoms with E-state index >= 15 is 0 Å². The number of nitrogens with one attached hydrogen (secondary N) is 2. The summed E-state index contributed by atoms with van der Waals surface area (Å²) in [5, 5.41) is 5.51. The maximum Gasteiger partial charge on any atom is 0.315 e. The van der Waals surface area contributed by atoms with Gasteiger partial charge in [0.2, 0.25) is 0 Å². The average Bonchev–Trinajstić information content (AvgIpc) is 2.16. The Bertz CT molecular complexity index is 349. The van der Waals surface area contributed by atoms with E-state index < -0.39 is 0 Å². The van der Waals surface area contributed by atoms with E-state index in [2.05, 4.69) is 10.6 Å². The highest BCUT2D eigenvalue weighted by Crippen LogP contribution is 2.12. The molecular weight excluding hydrogens is 207 g/mol. The molecule has 0 saturated carbocycles. The van der Waals surface area contributed by atoms with Crippen LogP contribution in [-0.2, 0) is 0 Å². The minimum atomic E-state index is -0.275. The minimum absolute atomic E-state index is 0.0976. The molecule has 0 bridgehead atoms. The van der Waals surface area contributed by atoms with Crippen LogP contribution in [0.3, 0.4) is 0 Å². The molecule has 0 aliphatic rings. The lowest BCUT2D eigenvalue weighted by molar-refractivity contribution is 0.235. The summed E-state index contributed by atoms with van der Waals surface area (Å²) in [4.78, 5) is 11.4. The lowest BCUT2D eigenvalue weighted by Gasteiger charge is -2.16. The topological polar surface area (TPSA) is 41.1 Å². The van der Waals surface area contributed by atoms with Crippen LogP contribution >= 0.6 is 0 Å². The zero-order chi connectivity index (χ0) is 12.1. The molecule has 16 heavy (non-hydrogen) atoms. The standard InChI is InChI=1S/C12H17FN2O/c1-8(2)14-12(16)15-9(3)10-4-6-11(13)7-5-10/h4-9H,1-3H3,(H2,14,15,16). The molecule has 2 N–H and O–H groups in total. The summed E-state index contributed by atoms with van der Waals surface area (Å²) in [6.07, 6.45) is 0. The lowest BCUT2D eigenvalue weighted by atomic mass is 10.1. The number of carbonyl (C=O) groups is 1. The van der Waals surface area contributed by atoms with Gasteiger partial charge in [-0.25, -0.2) is 9.18 Å². The predicted molar refractivity (Wildman–Crippen MR) is 61.6 cm³/mol. The zero-order valence-electron chi connectivity index (χ0n) is 9.75. The number of urea groups is 1. The van der Waals surface area contributed by atoms with Crippen LogP contribution in [0.25, 0.3) is 0 Å². The van der Waals surface area contributed by atoms with Gasteiger partial charge in [0.15, 0.2) is 0 Å². The fourth-order valence-corrected chi connectivity index (χ4v) is 1.34. The Balaban J connectivity index is 2.55. The first-order valence-corrected chi connectivity index (χ1v) is 5.31. The normalized spacial score (nSPS) is 12.3. The van der Waals surface area contributed by atoms with E-state index in [4.69, 9.17) is 0 Å². The molecule has 0 aromatic heterocycles. The van der Waals surface area contributed by atoms with Gasteiger partial charge in [-0.3, -0.25) is 0 Å².